The summed E-state index contributed by atoms with van der Waals surface area (Å²) >= 11 is 5.95. The van der Waals surface area contributed by atoms with E-state index in [2.05, 4.69) is 4.98 Å². The van der Waals surface area contributed by atoms with E-state index in [-0.39, 0.29) is 0 Å². The molecule has 1 atom stereocenters. The quantitative estimate of drug-likeness (QED) is 0.882. The van der Waals surface area contributed by atoms with E-state index < -0.39 is 6.10 Å². The molecule has 0 aliphatic rings. The number of aliphatic hydroxyl groups is 1. The van der Waals surface area contributed by atoms with Crippen LogP contribution in [-0.2, 0) is 0 Å². The van der Waals surface area contributed by atoms with Crippen molar-refractivity contribution in [3.63, 3.8) is 0 Å². The van der Waals surface area contributed by atoms with Gasteiger partial charge in [-0.15, -0.1) is 0 Å². The molecule has 0 radical (unpaired) electrons. The normalized spacial score (nSPS) is 12.5. The van der Waals surface area contributed by atoms with Crippen LogP contribution >= 0.6 is 11.6 Å². The second kappa shape index (κ2) is 4.86. The number of aromatic nitrogens is 1. The Hall–Kier alpha value is -1.38. The molecule has 1 N–H and O–H groups in total. The SMILES string of the molecule is Cc1ccc(C(O)c2cc(Cl)ccc2C)cn1. The van der Waals surface area contributed by atoms with Gasteiger partial charge in [-0.3, -0.25) is 4.98 Å². The molecule has 0 bridgehead atoms. The number of hydrogen-bond donors (Lipinski definition) is 1. The van der Waals surface area contributed by atoms with Gasteiger partial charge >= 0.3 is 0 Å². The van der Waals surface area contributed by atoms with Crippen LogP contribution in [0.1, 0.15) is 28.5 Å². The van der Waals surface area contributed by atoms with E-state index in [9.17, 15) is 5.11 Å². The lowest BCUT2D eigenvalue weighted by atomic mass is 9.98. The number of rotatable bonds is 2. The third-order valence-electron chi connectivity index (χ3n) is 2.79. The van der Waals surface area contributed by atoms with Crippen LogP contribution in [0.4, 0.5) is 0 Å². The highest BCUT2D eigenvalue weighted by molar-refractivity contribution is 6.30. The van der Waals surface area contributed by atoms with Gasteiger partial charge in [0.25, 0.3) is 0 Å². The van der Waals surface area contributed by atoms with Crippen molar-refractivity contribution in [3.05, 3.63) is 63.9 Å². The molecule has 2 rings (SSSR count). The van der Waals surface area contributed by atoms with Crippen LogP contribution in [0.15, 0.2) is 36.5 Å². The number of aryl methyl sites for hydroxylation is 2. The van der Waals surface area contributed by atoms with E-state index in [0.717, 1.165) is 22.4 Å². The summed E-state index contributed by atoms with van der Waals surface area (Å²) in [4.78, 5) is 4.18. The molecule has 1 aromatic carbocycles. The molecule has 2 aromatic rings. The Labute approximate surface area is 106 Å². The largest absolute Gasteiger partial charge is 0.384 e. The second-order valence-electron chi connectivity index (χ2n) is 4.14. The third-order valence-corrected chi connectivity index (χ3v) is 3.02. The van der Waals surface area contributed by atoms with Crippen molar-refractivity contribution in [1.29, 1.82) is 0 Å². The molecule has 0 spiro atoms. The van der Waals surface area contributed by atoms with Crippen LogP contribution < -0.4 is 0 Å². The first-order valence-corrected chi connectivity index (χ1v) is 5.82. The molecule has 0 saturated carbocycles. The minimum Gasteiger partial charge on any atom is -0.384 e. The van der Waals surface area contributed by atoms with Gasteiger partial charge < -0.3 is 5.11 Å². The zero-order chi connectivity index (χ0) is 12.4. The average Bonchev–Trinajstić information content (AvgIpc) is 2.32. The fourth-order valence-electron chi connectivity index (χ4n) is 1.73. The maximum Gasteiger partial charge on any atom is 0.106 e. The zero-order valence-corrected chi connectivity index (χ0v) is 10.6. The van der Waals surface area contributed by atoms with Crippen molar-refractivity contribution in [2.24, 2.45) is 0 Å². The van der Waals surface area contributed by atoms with Crippen molar-refractivity contribution in [1.82, 2.24) is 4.98 Å². The summed E-state index contributed by atoms with van der Waals surface area (Å²) in [5.41, 5.74) is 3.55. The minimum absolute atomic E-state index is 0.629. The maximum atomic E-state index is 10.3. The van der Waals surface area contributed by atoms with Gasteiger partial charge in [0.2, 0.25) is 0 Å². The topological polar surface area (TPSA) is 33.1 Å². The van der Waals surface area contributed by atoms with Crippen molar-refractivity contribution in [2.45, 2.75) is 20.0 Å². The molecule has 1 unspecified atom stereocenters. The van der Waals surface area contributed by atoms with Crippen LogP contribution in [0.2, 0.25) is 5.02 Å². The van der Waals surface area contributed by atoms with Crippen molar-refractivity contribution in [2.75, 3.05) is 0 Å². The van der Waals surface area contributed by atoms with Gasteiger partial charge in [0.1, 0.15) is 6.10 Å². The summed E-state index contributed by atoms with van der Waals surface area (Å²) in [6.07, 6.45) is 1.02. The van der Waals surface area contributed by atoms with Crippen LogP contribution in [-0.4, -0.2) is 10.1 Å². The molecule has 2 nitrogen and oxygen atoms in total. The molecule has 0 aliphatic heterocycles. The van der Waals surface area contributed by atoms with Crippen LogP contribution in [0.25, 0.3) is 0 Å². The highest BCUT2D eigenvalue weighted by Crippen LogP contribution is 2.26. The van der Waals surface area contributed by atoms with Crippen LogP contribution in [0.5, 0.6) is 0 Å². The summed E-state index contributed by atoms with van der Waals surface area (Å²) in [5.74, 6) is 0. The summed E-state index contributed by atoms with van der Waals surface area (Å²) in [5, 5.41) is 10.9. The Morgan fingerprint density at radius 3 is 2.59 bits per heavy atom. The fourth-order valence-corrected chi connectivity index (χ4v) is 1.91. The maximum absolute atomic E-state index is 10.3. The van der Waals surface area contributed by atoms with Gasteiger partial charge in [0.05, 0.1) is 0 Å². The van der Waals surface area contributed by atoms with Crippen molar-refractivity contribution >= 4 is 11.6 Å². The first-order chi connectivity index (χ1) is 8.08. The molecule has 0 amide bonds. The lowest BCUT2D eigenvalue weighted by Crippen LogP contribution is -2.02. The zero-order valence-electron chi connectivity index (χ0n) is 9.81. The predicted molar refractivity (Wildman–Crippen MR) is 69.2 cm³/mol. The van der Waals surface area contributed by atoms with E-state index in [1.54, 1.807) is 12.3 Å². The highest BCUT2D eigenvalue weighted by atomic mass is 35.5. The van der Waals surface area contributed by atoms with E-state index in [0.29, 0.717) is 5.02 Å². The number of aliphatic hydroxyl groups excluding tert-OH is 1. The predicted octanol–water partition coefficient (Wildman–Crippen LogP) is 3.43. The first-order valence-electron chi connectivity index (χ1n) is 5.44. The fraction of sp³-hybridized carbons (Fsp3) is 0.214. The van der Waals surface area contributed by atoms with E-state index >= 15 is 0 Å². The molecule has 88 valence electrons. The Morgan fingerprint density at radius 2 is 1.94 bits per heavy atom. The Morgan fingerprint density at radius 1 is 1.18 bits per heavy atom. The van der Waals surface area contributed by atoms with Gasteiger partial charge in [-0.1, -0.05) is 23.7 Å². The van der Waals surface area contributed by atoms with Gasteiger partial charge in [-0.25, -0.2) is 0 Å². The Bertz CT molecular complexity index is 522. The number of pyridine rings is 1. The van der Waals surface area contributed by atoms with Crippen molar-refractivity contribution in [3.8, 4) is 0 Å². The summed E-state index contributed by atoms with van der Waals surface area (Å²) in [6.45, 7) is 3.87. The molecular weight excluding hydrogens is 234 g/mol. The molecule has 1 aromatic heterocycles. The molecule has 0 fully saturated rings. The number of nitrogens with zero attached hydrogens (tertiary/aromatic N) is 1. The van der Waals surface area contributed by atoms with Crippen LogP contribution in [0.3, 0.4) is 0 Å². The van der Waals surface area contributed by atoms with E-state index in [4.69, 9.17) is 11.6 Å². The number of benzene rings is 1. The number of hydrogen-bond acceptors (Lipinski definition) is 2. The molecule has 1 heterocycles. The van der Waals surface area contributed by atoms with Crippen LogP contribution in [0, 0.1) is 13.8 Å². The standard InChI is InChI=1S/C14H14ClNO/c1-9-3-6-12(15)7-13(9)14(17)11-5-4-10(2)16-8-11/h3-8,14,17H,1-2H3. The molecule has 0 saturated heterocycles. The monoisotopic (exact) mass is 247 g/mol. The summed E-state index contributed by atoms with van der Waals surface area (Å²) < 4.78 is 0. The lowest BCUT2D eigenvalue weighted by Gasteiger charge is -2.14. The smallest absolute Gasteiger partial charge is 0.106 e. The van der Waals surface area contributed by atoms with Gasteiger partial charge in [-0.05, 0) is 43.2 Å². The Balaban J connectivity index is 2.39. The average molecular weight is 248 g/mol. The number of halogens is 1. The van der Waals surface area contributed by atoms with E-state index in [1.807, 2.05) is 38.1 Å². The Kier molecular flexibility index (Phi) is 3.46. The molecule has 17 heavy (non-hydrogen) atoms. The lowest BCUT2D eigenvalue weighted by molar-refractivity contribution is 0.219. The highest BCUT2D eigenvalue weighted by Gasteiger charge is 2.13. The van der Waals surface area contributed by atoms with Gasteiger partial charge in [0, 0.05) is 22.5 Å². The molecular formula is C14H14ClNO. The van der Waals surface area contributed by atoms with Gasteiger partial charge in [0.15, 0.2) is 0 Å². The summed E-state index contributed by atoms with van der Waals surface area (Å²) in [7, 11) is 0. The van der Waals surface area contributed by atoms with E-state index in [1.165, 1.54) is 0 Å². The summed E-state index contributed by atoms with van der Waals surface area (Å²) in [6, 6.07) is 9.29. The van der Waals surface area contributed by atoms with Gasteiger partial charge in [-0.2, -0.15) is 0 Å². The molecule has 3 heteroatoms. The minimum atomic E-state index is -0.679. The van der Waals surface area contributed by atoms with Crippen molar-refractivity contribution < 1.29 is 5.11 Å². The first kappa shape index (κ1) is 12.1. The molecule has 0 aliphatic carbocycles. The third kappa shape index (κ3) is 2.65. The second-order valence-corrected chi connectivity index (χ2v) is 4.57.